The van der Waals surface area contributed by atoms with Gasteiger partial charge in [-0.25, -0.2) is 8.78 Å². The number of hydrogen-bond donors (Lipinski definition) is 0. The van der Waals surface area contributed by atoms with Crippen LogP contribution in [0, 0.1) is 41.7 Å². The minimum absolute atomic E-state index is 0.244. The molecular weight excluding hydrogens is 402 g/mol. The van der Waals surface area contributed by atoms with Gasteiger partial charge in [0.1, 0.15) is 0 Å². The third-order valence-electron chi connectivity index (χ3n) is 8.03. The van der Waals surface area contributed by atoms with Gasteiger partial charge >= 0.3 is 0 Å². The molecule has 0 aromatic heterocycles. The number of unbranched alkanes of at least 4 members (excludes halogenated alkanes) is 2. The maximum absolute atomic E-state index is 14.8. The minimum Gasteiger partial charge on any atom is -0.472 e. The molecule has 0 N–H and O–H groups in total. The third kappa shape index (κ3) is 6.72. The first kappa shape index (κ1) is 25.1. The zero-order valence-corrected chi connectivity index (χ0v) is 20.2. The SMILES string of the molecule is C#CC(CCCCC)Oc1c(F)cc(C2CCC(C3CCC(CCC)CC3)CC2)cc1F. The molecule has 0 heterocycles. The molecule has 1 unspecified atom stereocenters. The highest BCUT2D eigenvalue weighted by atomic mass is 19.1. The fourth-order valence-electron chi connectivity index (χ4n) is 6.11. The van der Waals surface area contributed by atoms with Crippen LogP contribution in [0.25, 0.3) is 0 Å². The smallest absolute Gasteiger partial charge is 0.192 e. The van der Waals surface area contributed by atoms with Crippen molar-refractivity contribution >= 4 is 0 Å². The van der Waals surface area contributed by atoms with E-state index in [1.54, 1.807) is 0 Å². The zero-order chi connectivity index (χ0) is 22.9. The molecule has 2 aliphatic carbocycles. The summed E-state index contributed by atoms with van der Waals surface area (Å²) in [6.45, 7) is 4.40. The number of hydrogen-bond acceptors (Lipinski definition) is 1. The molecule has 32 heavy (non-hydrogen) atoms. The Balaban J connectivity index is 1.54. The van der Waals surface area contributed by atoms with Crippen LogP contribution in [0.1, 0.15) is 115 Å². The maximum Gasteiger partial charge on any atom is 0.192 e. The predicted molar refractivity (Wildman–Crippen MR) is 129 cm³/mol. The van der Waals surface area contributed by atoms with Gasteiger partial charge in [-0.15, -0.1) is 6.42 Å². The second kappa shape index (κ2) is 12.6. The van der Waals surface area contributed by atoms with E-state index in [0.29, 0.717) is 6.42 Å². The van der Waals surface area contributed by atoms with Crippen molar-refractivity contribution in [3.05, 3.63) is 29.3 Å². The van der Waals surface area contributed by atoms with Crippen LogP contribution in [0.5, 0.6) is 5.75 Å². The van der Waals surface area contributed by atoms with Crippen molar-refractivity contribution in [3.8, 4) is 18.1 Å². The quantitative estimate of drug-likeness (QED) is 0.259. The minimum atomic E-state index is -0.618. The number of benzene rings is 1. The van der Waals surface area contributed by atoms with Crippen LogP contribution in [-0.2, 0) is 0 Å². The predicted octanol–water partition coefficient (Wildman–Crippen LogP) is 8.81. The lowest BCUT2D eigenvalue weighted by Gasteiger charge is -2.38. The van der Waals surface area contributed by atoms with Gasteiger partial charge in [0.15, 0.2) is 23.5 Å². The largest absolute Gasteiger partial charge is 0.472 e. The van der Waals surface area contributed by atoms with Gasteiger partial charge in [0, 0.05) is 0 Å². The molecule has 1 aromatic rings. The van der Waals surface area contributed by atoms with E-state index in [2.05, 4.69) is 19.8 Å². The summed E-state index contributed by atoms with van der Waals surface area (Å²) in [7, 11) is 0. The van der Waals surface area contributed by atoms with Gasteiger partial charge < -0.3 is 4.74 Å². The molecule has 0 spiro atoms. The molecule has 2 aliphatic rings. The van der Waals surface area contributed by atoms with Gasteiger partial charge in [-0.05, 0) is 92.7 Å². The number of ether oxygens (including phenoxy) is 1. The van der Waals surface area contributed by atoms with Crippen molar-refractivity contribution in [2.24, 2.45) is 17.8 Å². The standard InChI is InChI=1S/C29H42F2O/c1-4-7-8-10-26(6-3)32-29-27(30)19-25(20-28(29)31)24-17-15-23(16-18-24)22-13-11-21(9-5-2)12-14-22/h3,19-24,26H,4-5,7-18H2,1-2H3. The van der Waals surface area contributed by atoms with Crippen LogP contribution in [-0.4, -0.2) is 6.10 Å². The normalized spacial score (nSPS) is 27.0. The van der Waals surface area contributed by atoms with E-state index in [4.69, 9.17) is 11.2 Å². The number of terminal acetylenes is 1. The van der Waals surface area contributed by atoms with Crippen molar-refractivity contribution in [2.45, 2.75) is 116 Å². The molecule has 0 saturated heterocycles. The van der Waals surface area contributed by atoms with E-state index in [-0.39, 0.29) is 11.7 Å². The van der Waals surface area contributed by atoms with Crippen LogP contribution in [0.15, 0.2) is 12.1 Å². The van der Waals surface area contributed by atoms with Crippen molar-refractivity contribution < 1.29 is 13.5 Å². The maximum atomic E-state index is 14.8. The third-order valence-corrected chi connectivity index (χ3v) is 8.03. The lowest BCUT2D eigenvalue weighted by atomic mass is 9.68. The Morgan fingerprint density at radius 3 is 2.03 bits per heavy atom. The van der Waals surface area contributed by atoms with Crippen LogP contribution < -0.4 is 4.74 Å². The van der Waals surface area contributed by atoms with Gasteiger partial charge in [-0.3, -0.25) is 0 Å². The van der Waals surface area contributed by atoms with E-state index < -0.39 is 17.7 Å². The summed E-state index contributed by atoms with van der Waals surface area (Å²) in [6, 6.07) is 2.97. The van der Waals surface area contributed by atoms with Gasteiger partial charge in [0.2, 0.25) is 0 Å². The molecule has 1 aromatic carbocycles. The Kier molecular flexibility index (Phi) is 9.89. The molecule has 3 rings (SSSR count). The van der Waals surface area contributed by atoms with Gasteiger partial charge in [0.25, 0.3) is 0 Å². The molecular formula is C29H42F2O. The van der Waals surface area contributed by atoms with Crippen molar-refractivity contribution in [1.82, 2.24) is 0 Å². The van der Waals surface area contributed by atoms with Crippen molar-refractivity contribution in [2.75, 3.05) is 0 Å². The van der Waals surface area contributed by atoms with E-state index in [1.807, 2.05) is 0 Å². The zero-order valence-electron chi connectivity index (χ0n) is 20.2. The average Bonchev–Trinajstić information content (AvgIpc) is 2.81. The average molecular weight is 445 g/mol. The van der Waals surface area contributed by atoms with Crippen LogP contribution >= 0.6 is 0 Å². The molecule has 0 bridgehead atoms. The van der Waals surface area contributed by atoms with Crippen LogP contribution in [0.3, 0.4) is 0 Å². The molecule has 3 heteroatoms. The fraction of sp³-hybridized carbons (Fsp3) is 0.724. The van der Waals surface area contributed by atoms with Crippen molar-refractivity contribution in [3.63, 3.8) is 0 Å². The molecule has 0 amide bonds. The summed E-state index contributed by atoms with van der Waals surface area (Å²) >= 11 is 0. The van der Waals surface area contributed by atoms with Gasteiger partial charge in [-0.1, -0.05) is 58.3 Å². The van der Waals surface area contributed by atoms with E-state index in [1.165, 1.54) is 63.5 Å². The molecule has 1 nitrogen and oxygen atoms in total. The fourth-order valence-corrected chi connectivity index (χ4v) is 6.11. The highest BCUT2D eigenvalue weighted by Crippen LogP contribution is 2.45. The van der Waals surface area contributed by atoms with Gasteiger partial charge in [-0.2, -0.15) is 0 Å². The molecule has 178 valence electrons. The summed E-state index contributed by atoms with van der Waals surface area (Å²) in [5, 5.41) is 0. The van der Waals surface area contributed by atoms with E-state index in [0.717, 1.165) is 55.4 Å². The highest BCUT2D eigenvalue weighted by molar-refractivity contribution is 5.34. The second-order valence-electron chi connectivity index (χ2n) is 10.3. The Hall–Kier alpha value is -1.56. The summed E-state index contributed by atoms with van der Waals surface area (Å²) < 4.78 is 35.1. The molecule has 2 fully saturated rings. The topological polar surface area (TPSA) is 9.23 Å². The summed E-state index contributed by atoms with van der Waals surface area (Å²) in [5.74, 6) is 3.83. The Morgan fingerprint density at radius 2 is 1.50 bits per heavy atom. The highest BCUT2D eigenvalue weighted by Gasteiger charge is 2.31. The summed E-state index contributed by atoms with van der Waals surface area (Å²) in [5.41, 5.74) is 0.778. The Bertz CT molecular complexity index is 713. The van der Waals surface area contributed by atoms with Gasteiger partial charge in [0.05, 0.1) is 0 Å². The monoisotopic (exact) mass is 444 g/mol. The Labute approximate surface area is 194 Å². The molecule has 1 atom stereocenters. The van der Waals surface area contributed by atoms with E-state index >= 15 is 0 Å². The molecule has 0 aliphatic heterocycles. The number of halogens is 2. The first-order valence-electron chi connectivity index (χ1n) is 13.2. The first-order chi connectivity index (χ1) is 15.5. The van der Waals surface area contributed by atoms with Crippen molar-refractivity contribution in [1.29, 1.82) is 0 Å². The van der Waals surface area contributed by atoms with Crippen LogP contribution in [0.4, 0.5) is 8.78 Å². The first-order valence-corrected chi connectivity index (χ1v) is 13.2. The molecule has 2 saturated carbocycles. The molecule has 0 radical (unpaired) electrons. The summed E-state index contributed by atoms with van der Waals surface area (Å²) in [4.78, 5) is 0. The summed E-state index contributed by atoms with van der Waals surface area (Å²) in [6.07, 6.45) is 21.2. The Morgan fingerprint density at radius 1 is 0.906 bits per heavy atom. The van der Waals surface area contributed by atoms with E-state index in [9.17, 15) is 8.78 Å². The lowest BCUT2D eigenvalue weighted by Crippen LogP contribution is -2.25. The van der Waals surface area contributed by atoms with Crippen LogP contribution in [0.2, 0.25) is 0 Å². The number of rotatable bonds is 10. The lowest BCUT2D eigenvalue weighted by molar-refractivity contribution is 0.156. The second-order valence-corrected chi connectivity index (χ2v) is 10.3.